The molecule has 0 radical (unpaired) electrons. The van der Waals surface area contributed by atoms with Gasteiger partial charge < -0.3 is 10.2 Å². The second-order valence-corrected chi connectivity index (χ2v) is 5.98. The molecule has 3 nitrogen and oxygen atoms in total. The Kier molecular flexibility index (Phi) is 6.12. The van der Waals surface area contributed by atoms with Crippen LogP contribution in [0.5, 0.6) is 0 Å². The Labute approximate surface area is 138 Å². The van der Waals surface area contributed by atoms with Gasteiger partial charge in [0.25, 0.3) is 0 Å². The van der Waals surface area contributed by atoms with Gasteiger partial charge in [0.05, 0.1) is 6.04 Å². The van der Waals surface area contributed by atoms with Crippen LogP contribution in [0.1, 0.15) is 22.7 Å². The van der Waals surface area contributed by atoms with E-state index in [4.69, 9.17) is 0 Å². The number of carbonyl (C=O) groups excluding carboxylic acids is 1. The molecule has 0 bridgehead atoms. The fraction of sp³-hybridized carbons (Fsp3) is 0.250. The van der Waals surface area contributed by atoms with Crippen LogP contribution in [-0.4, -0.2) is 31.4 Å². The normalized spacial score (nSPS) is 12.5. The maximum Gasteiger partial charge on any atom is 0.244 e. The lowest BCUT2D eigenvalue weighted by molar-refractivity contribution is -0.117. The van der Waals surface area contributed by atoms with Crippen molar-refractivity contribution < 1.29 is 4.79 Å². The number of hydrogen-bond acceptors (Lipinski definition) is 2. The number of nitrogens with one attached hydrogen (secondary N) is 1. The van der Waals surface area contributed by atoms with Crippen LogP contribution in [0.2, 0.25) is 0 Å². The molecule has 120 valence electrons. The molecule has 0 aliphatic rings. The van der Waals surface area contributed by atoms with Gasteiger partial charge in [0.15, 0.2) is 0 Å². The van der Waals surface area contributed by atoms with Gasteiger partial charge in [-0.3, -0.25) is 4.79 Å². The van der Waals surface area contributed by atoms with Crippen molar-refractivity contribution in [3.05, 3.63) is 77.4 Å². The van der Waals surface area contributed by atoms with Gasteiger partial charge in [-0.05, 0) is 38.2 Å². The van der Waals surface area contributed by atoms with E-state index in [0.717, 1.165) is 17.7 Å². The number of amides is 1. The summed E-state index contributed by atoms with van der Waals surface area (Å²) < 4.78 is 0. The monoisotopic (exact) mass is 308 g/mol. The van der Waals surface area contributed by atoms with Gasteiger partial charge in [-0.2, -0.15) is 0 Å². The van der Waals surface area contributed by atoms with E-state index in [9.17, 15) is 4.79 Å². The minimum atomic E-state index is -0.0813. The number of hydrogen-bond donors (Lipinski definition) is 1. The molecule has 1 N–H and O–H groups in total. The number of benzene rings is 2. The zero-order valence-electron chi connectivity index (χ0n) is 14.0. The first-order valence-electron chi connectivity index (χ1n) is 7.79. The molecule has 0 aromatic heterocycles. The summed E-state index contributed by atoms with van der Waals surface area (Å²) in [7, 11) is 4.01. The smallest absolute Gasteiger partial charge is 0.244 e. The van der Waals surface area contributed by atoms with Gasteiger partial charge in [0, 0.05) is 12.6 Å². The number of carbonyl (C=O) groups is 1. The molecule has 0 spiro atoms. The molecule has 2 aromatic carbocycles. The fourth-order valence-electron chi connectivity index (χ4n) is 2.45. The summed E-state index contributed by atoms with van der Waals surface area (Å²) in [5.74, 6) is -0.0813. The molecule has 3 heteroatoms. The summed E-state index contributed by atoms with van der Waals surface area (Å²) in [5.41, 5.74) is 3.32. The predicted molar refractivity (Wildman–Crippen MR) is 96.1 cm³/mol. The third-order valence-electron chi connectivity index (χ3n) is 3.54. The average molecular weight is 308 g/mol. The molecule has 2 aromatic rings. The van der Waals surface area contributed by atoms with Gasteiger partial charge in [0.2, 0.25) is 5.91 Å². The van der Waals surface area contributed by atoms with E-state index in [1.807, 2.05) is 75.6 Å². The van der Waals surface area contributed by atoms with Gasteiger partial charge >= 0.3 is 0 Å². The van der Waals surface area contributed by atoms with Crippen LogP contribution < -0.4 is 5.32 Å². The van der Waals surface area contributed by atoms with Crippen molar-refractivity contribution in [3.63, 3.8) is 0 Å². The standard InChI is InChI=1S/C20H24N2O/c1-16-8-7-9-17(14-16)12-13-20(23)21-19(15-22(2)3)18-10-5-4-6-11-18/h4-14,19H,15H2,1-3H3,(H,21,23)/b13-12+. The maximum atomic E-state index is 12.3. The molecule has 0 fully saturated rings. The van der Waals surface area contributed by atoms with Crippen molar-refractivity contribution >= 4 is 12.0 Å². The highest BCUT2D eigenvalue weighted by atomic mass is 16.1. The van der Waals surface area contributed by atoms with Crippen LogP contribution in [0.3, 0.4) is 0 Å². The Balaban J connectivity index is 2.05. The molecular weight excluding hydrogens is 284 g/mol. The molecule has 1 unspecified atom stereocenters. The number of rotatable bonds is 6. The van der Waals surface area contributed by atoms with E-state index in [0.29, 0.717) is 0 Å². The maximum absolute atomic E-state index is 12.3. The lowest BCUT2D eigenvalue weighted by atomic mass is 10.1. The molecule has 0 saturated heterocycles. The molecule has 1 atom stereocenters. The highest BCUT2D eigenvalue weighted by Crippen LogP contribution is 2.13. The Hall–Kier alpha value is -2.39. The molecule has 2 rings (SSSR count). The second-order valence-electron chi connectivity index (χ2n) is 5.98. The van der Waals surface area contributed by atoms with Crippen molar-refractivity contribution in [2.24, 2.45) is 0 Å². The number of aryl methyl sites for hydroxylation is 1. The minimum absolute atomic E-state index is 0.0270. The Morgan fingerprint density at radius 1 is 1.13 bits per heavy atom. The highest BCUT2D eigenvalue weighted by molar-refractivity contribution is 5.92. The van der Waals surface area contributed by atoms with Crippen molar-refractivity contribution in [3.8, 4) is 0 Å². The minimum Gasteiger partial charge on any atom is -0.344 e. The molecule has 1 amide bonds. The third-order valence-corrected chi connectivity index (χ3v) is 3.54. The zero-order chi connectivity index (χ0) is 16.7. The molecule has 23 heavy (non-hydrogen) atoms. The molecule has 0 aliphatic heterocycles. The van der Waals surface area contributed by atoms with Crippen LogP contribution in [0.15, 0.2) is 60.7 Å². The molecule has 0 aliphatic carbocycles. The van der Waals surface area contributed by atoms with Crippen LogP contribution in [0, 0.1) is 6.92 Å². The van der Waals surface area contributed by atoms with E-state index >= 15 is 0 Å². The van der Waals surface area contributed by atoms with Crippen molar-refractivity contribution in [1.82, 2.24) is 10.2 Å². The first-order valence-corrected chi connectivity index (χ1v) is 7.79. The summed E-state index contributed by atoms with van der Waals surface area (Å²) in [6.45, 7) is 2.80. The van der Waals surface area contributed by atoms with E-state index < -0.39 is 0 Å². The summed E-state index contributed by atoms with van der Waals surface area (Å²) in [6.07, 6.45) is 3.44. The second kappa shape index (κ2) is 8.30. The lowest BCUT2D eigenvalue weighted by Crippen LogP contribution is -2.34. The zero-order valence-corrected chi connectivity index (χ0v) is 14.0. The fourth-order valence-corrected chi connectivity index (χ4v) is 2.45. The average Bonchev–Trinajstić information content (AvgIpc) is 2.53. The largest absolute Gasteiger partial charge is 0.344 e. The SMILES string of the molecule is Cc1cccc(/C=C/C(=O)NC(CN(C)C)c2ccccc2)c1. The number of nitrogens with zero attached hydrogens (tertiary/aromatic N) is 1. The van der Waals surface area contributed by atoms with Crippen molar-refractivity contribution in [2.75, 3.05) is 20.6 Å². The van der Waals surface area contributed by atoms with Gasteiger partial charge in [-0.15, -0.1) is 0 Å². The number of likely N-dealkylation sites (N-methyl/N-ethyl adjacent to an activating group) is 1. The molecule has 0 heterocycles. The van der Waals surface area contributed by atoms with Crippen LogP contribution in [-0.2, 0) is 4.79 Å². The first-order chi connectivity index (χ1) is 11.0. The Morgan fingerprint density at radius 3 is 2.52 bits per heavy atom. The Bertz CT molecular complexity index is 662. The van der Waals surface area contributed by atoms with Crippen molar-refractivity contribution in [1.29, 1.82) is 0 Å². The molecular formula is C20H24N2O. The lowest BCUT2D eigenvalue weighted by Gasteiger charge is -2.22. The quantitative estimate of drug-likeness (QED) is 0.829. The van der Waals surface area contributed by atoms with E-state index in [-0.39, 0.29) is 11.9 Å². The Morgan fingerprint density at radius 2 is 1.87 bits per heavy atom. The highest BCUT2D eigenvalue weighted by Gasteiger charge is 2.13. The van der Waals surface area contributed by atoms with E-state index in [1.165, 1.54) is 5.56 Å². The summed E-state index contributed by atoms with van der Waals surface area (Å²) >= 11 is 0. The molecule has 0 saturated carbocycles. The summed E-state index contributed by atoms with van der Waals surface area (Å²) in [4.78, 5) is 14.3. The van der Waals surface area contributed by atoms with Crippen LogP contribution in [0.25, 0.3) is 6.08 Å². The summed E-state index contributed by atoms with van der Waals surface area (Å²) in [5, 5.41) is 3.08. The van der Waals surface area contributed by atoms with Crippen LogP contribution >= 0.6 is 0 Å². The summed E-state index contributed by atoms with van der Waals surface area (Å²) in [6, 6.07) is 18.1. The van der Waals surface area contributed by atoms with E-state index in [2.05, 4.69) is 16.3 Å². The third kappa shape index (κ3) is 5.72. The van der Waals surface area contributed by atoms with Gasteiger partial charge in [-0.1, -0.05) is 60.2 Å². The van der Waals surface area contributed by atoms with E-state index in [1.54, 1.807) is 6.08 Å². The van der Waals surface area contributed by atoms with Gasteiger partial charge in [-0.25, -0.2) is 0 Å². The first kappa shape index (κ1) is 17.0. The van der Waals surface area contributed by atoms with Gasteiger partial charge in [0.1, 0.15) is 0 Å². The predicted octanol–water partition coefficient (Wildman–Crippen LogP) is 3.43. The van der Waals surface area contributed by atoms with Crippen LogP contribution in [0.4, 0.5) is 0 Å². The topological polar surface area (TPSA) is 32.3 Å². The van der Waals surface area contributed by atoms with Crippen molar-refractivity contribution in [2.45, 2.75) is 13.0 Å².